The molecule has 110 valence electrons. The third-order valence-electron chi connectivity index (χ3n) is 4.44. The summed E-state index contributed by atoms with van der Waals surface area (Å²) >= 11 is 0. The molecule has 0 radical (unpaired) electrons. The standard InChI is InChI=1S/C17H25NO2/c1-14(15-8-4-2-5-9-15)20-16(19)12-17(13-18)10-6-3-7-11-17/h2,4-5,8-9,14H,3,6-7,10-13,18H2,1H3. The van der Waals surface area contributed by atoms with Crippen molar-refractivity contribution in [2.45, 2.75) is 51.6 Å². The van der Waals surface area contributed by atoms with E-state index in [0.29, 0.717) is 13.0 Å². The van der Waals surface area contributed by atoms with Gasteiger partial charge in [-0.1, -0.05) is 49.6 Å². The summed E-state index contributed by atoms with van der Waals surface area (Å²) < 4.78 is 5.57. The average Bonchev–Trinajstić information content (AvgIpc) is 2.49. The smallest absolute Gasteiger partial charge is 0.306 e. The SMILES string of the molecule is CC(OC(=O)CC1(CN)CCCCC1)c1ccccc1. The molecule has 1 saturated carbocycles. The van der Waals surface area contributed by atoms with E-state index in [-0.39, 0.29) is 17.5 Å². The lowest BCUT2D eigenvalue weighted by atomic mass is 9.72. The molecule has 0 heterocycles. The van der Waals surface area contributed by atoms with Crippen molar-refractivity contribution in [2.75, 3.05) is 6.54 Å². The molecule has 1 aromatic carbocycles. The molecule has 1 unspecified atom stereocenters. The van der Waals surface area contributed by atoms with Gasteiger partial charge in [-0.3, -0.25) is 4.79 Å². The fourth-order valence-electron chi connectivity index (χ4n) is 3.09. The minimum absolute atomic E-state index is 0.0221. The second kappa shape index (κ2) is 6.89. The summed E-state index contributed by atoms with van der Waals surface area (Å²) in [5.41, 5.74) is 6.93. The monoisotopic (exact) mass is 275 g/mol. The molecule has 20 heavy (non-hydrogen) atoms. The van der Waals surface area contributed by atoms with E-state index >= 15 is 0 Å². The maximum atomic E-state index is 12.2. The Morgan fingerprint density at radius 3 is 2.50 bits per heavy atom. The molecule has 3 nitrogen and oxygen atoms in total. The van der Waals surface area contributed by atoms with Crippen molar-refractivity contribution in [2.24, 2.45) is 11.1 Å². The highest BCUT2D eigenvalue weighted by atomic mass is 16.5. The van der Waals surface area contributed by atoms with Gasteiger partial charge in [-0.15, -0.1) is 0 Å². The summed E-state index contributed by atoms with van der Waals surface area (Å²) in [5, 5.41) is 0. The van der Waals surface area contributed by atoms with Crippen molar-refractivity contribution < 1.29 is 9.53 Å². The number of carbonyl (C=O) groups is 1. The van der Waals surface area contributed by atoms with Gasteiger partial charge in [0.1, 0.15) is 6.10 Å². The van der Waals surface area contributed by atoms with Crippen LogP contribution in [-0.4, -0.2) is 12.5 Å². The first-order chi connectivity index (χ1) is 9.65. The Hall–Kier alpha value is -1.35. The minimum atomic E-state index is -0.192. The lowest BCUT2D eigenvalue weighted by Crippen LogP contribution is -2.35. The number of benzene rings is 1. The van der Waals surface area contributed by atoms with Crippen LogP contribution >= 0.6 is 0 Å². The van der Waals surface area contributed by atoms with Crippen molar-refractivity contribution in [3.63, 3.8) is 0 Å². The highest BCUT2D eigenvalue weighted by Crippen LogP contribution is 2.39. The van der Waals surface area contributed by atoms with Crippen molar-refractivity contribution in [3.8, 4) is 0 Å². The number of hydrogen-bond donors (Lipinski definition) is 1. The summed E-state index contributed by atoms with van der Waals surface area (Å²) in [5.74, 6) is -0.117. The van der Waals surface area contributed by atoms with Crippen LogP contribution in [0.15, 0.2) is 30.3 Å². The van der Waals surface area contributed by atoms with Gasteiger partial charge in [-0.25, -0.2) is 0 Å². The van der Waals surface area contributed by atoms with Gasteiger partial charge in [0, 0.05) is 0 Å². The molecule has 2 rings (SSSR count). The van der Waals surface area contributed by atoms with Gasteiger partial charge < -0.3 is 10.5 Å². The largest absolute Gasteiger partial charge is 0.458 e. The maximum Gasteiger partial charge on any atom is 0.306 e. The number of carbonyl (C=O) groups excluding carboxylic acids is 1. The van der Waals surface area contributed by atoms with E-state index in [2.05, 4.69) is 0 Å². The number of esters is 1. The third-order valence-corrected chi connectivity index (χ3v) is 4.44. The molecule has 1 aromatic rings. The lowest BCUT2D eigenvalue weighted by molar-refractivity contribution is -0.152. The van der Waals surface area contributed by atoms with E-state index in [1.54, 1.807) is 0 Å². The normalized spacial score (nSPS) is 19.3. The summed E-state index contributed by atoms with van der Waals surface area (Å²) in [6, 6.07) is 9.85. The van der Waals surface area contributed by atoms with Gasteiger partial charge in [0.2, 0.25) is 0 Å². The van der Waals surface area contributed by atoms with Crippen LogP contribution in [0.5, 0.6) is 0 Å². The highest BCUT2D eigenvalue weighted by molar-refractivity contribution is 5.70. The number of hydrogen-bond acceptors (Lipinski definition) is 3. The van der Waals surface area contributed by atoms with Gasteiger partial charge in [0.05, 0.1) is 6.42 Å². The Bertz CT molecular complexity index is 424. The van der Waals surface area contributed by atoms with Crippen molar-refractivity contribution in [3.05, 3.63) is 35.9 Å². The minimum Gasteiger partial charge on any atom is -0.458 e. The Kier molecular flexibility index (Phi) is 5.18. The molecule has 0 saturated heterocycles. The summed E-state index contributed by atoms with van der Waals surface area (Å²) in [6.45, 7) is 2.51. The van der Waals surface area contributed by atoms with E-state index in [1.807, 2.05) is 37.3 Å². The van der Waals surface area contributed by atoms with Crippen molar-refractivity contribution in [1.29, 1.82) is 0 Å². The predicted octanol–water partition coefficient (Wildman–Crippen LogP) is 3.59. The van der Waals surface area contributed by atoms with Crippen LogP contribution in [0.4, 0.5) is 0 Å². The average molecular weight is 275 g/mol. The van der Waals surface area contributed by atoms with Gasteiger partial charge in [-0.05, 0) is 37.3 Å². The van der Waals surface area contributed by atoms with E-state index in [1.165, 1.54) is 19.3 Å². The summed E-state index contributed by atoms with van der Waals surface area (Å²) in [4.78, 5) is 12.2. The fourth-order valence-corrected chi connectivity index (χ4v) is 3.09. The molecular weight excluding hydrogens is 250 g/mol. The number of ether oxygens (including phenoxy) is 1. The van der Waals surface area contributed by atoms with E-state index in [0.717, 1.165) is 18.4 Å². The molecule has 0 spiro atoms. The third kappa shape index (κ3) is 3.83. The molecule has 1 aliphatic carbocycles. The maximum absolute atomic E-state index is 12.2. The molecule has 3 heteroatoms. The lowest BCUT2D eigenvalue weighted by Gasteiger charge is -2.35. The Balaban J connectivity index is 1.91. The second-order valence-electron chi connectivity index (χ2n) is 5.98. The molecule has 1 fully saturated rings. The highest BCUT2D eigenvalue weighted by Gasteiger charge is 2.34. The zero-order valence-corrected chi connectivity index (χ0v) is 12.3. The number of nitrogens with two attached hydrogens (primary N) is 1. The van der Waals surface area contributed by atoms with Crippen LogP contribution in [0.2, 0.25) is 0 Å². The van der Waals surface area contributed by atoms with Crippen LogP contribution in [-0.2, 0) is 9.53 Å². The molecule has 1 aliphatic rings. The Morgan fingerprint density at radius 1 is 1.25 bits per heavy atom. The molecule has 1 atom stereocenters. The van der Waals surface area contributed by atoms with Crippen LogP contribution in [0.1, 0.15) is 57.1 Å². The molecule has 0 amide bonds. The molecular formula is C17H25NO2. The molecule has 0 aliphatic heterocycles. The van der Waals surface area contributed by atoms with Gasteiger partial charge >= 0.3 is 5.97 Å². The zero-order valence-electron chi connectivity index (χ0n) is 12.3. The van der Waals surface area contributed by atoms with Crippen LogP contribution in [0.25, 0.3) is 0 Å². The Morgan fingerprint density at radius 2 is 1.90 bits per heavy atom. The van der Waals surface area contributed by atoms with Crippen LogP contribution < -0.4 is 5.73 Å². The van der Waals surface area contributed by atoms with E-state index in [9.17, 15) is 4.79 Å². The van der Waals surface area contributed by atoms with Crippen LogP contribution in [0, 0.1) is 5.41 Å². The second-order valence-corrected chi connectivity index (χ2v) is 5.98. The van der Waals surface area contributed by atoms with E-state index in [4.69, 9.17) is 10.5 Å². The predicted molar refractivity (Wildman–Crippen MR) is 80.1 cm³/mol. The number of rotatable bonds is 5. The summed E-state index contributed by atoms with van der Waals surface area (Å²) in [7, 11) is 0. The van der Waals surface area contributed by atoms with Crippen molar-refractivity contribution >= 4 is 5.97 Å². The first-order valence-electron chi connectivity index (χ1n) is 7.60. The molecule has 0 bridgehead atoms. The Labute approximate surface area is 121 Å². The zero-order chi connectivity index (χ0) is 14.4. The van der Waals surface area contributed by atoms with Crippen molar-refractivity contribution in [1.82, 2.24) is 0 Å². The van der Waals surface area contributed by atoms with Crippen LogP contribution in [0.3, 0.4) is 0 Å². The first-order valence-corrected chi connectivity index (χ1v) is 7.60. The topological polar surface area (TPSA) is 52.3 Å². The molecule has 0 aromatic heterocycles. The molecule has 2 N–H and O–H groups in total. The van der Waals surface area contributed by atoms with Gasteiger partial charge in [0.25, 0.3) is 0 Å². The first kappa shape index (κ1) is 15.0. The summed E-state index contributed by atoms with van der Waals surface area (Å²) in [6.07, 6.45) is 5.99. The van der Waals surface area contributed by atoms with E-state index < -0.39 is 0 Å². The van der Waals surface area contributed by atoms with Gasteiger partial charge in [-0.2, -0.15) is 0 Å². The quantitative estimate of drug-likeness (QED) is 0.835. The fraction of sp³-hybridized carbons (Fsp3) is 0.588. The van der Waals surface area contributed by atoms with Gasteiger partial charge in [0.15, 0.2) is 0 Å².